The van der Waals surface area contributed by atoms with E-state index in [9.17, 15) is 4.79 Å². The van der Waals surface area contributed by atoms with Gasteiger partial charge in [0.25, 0.3) is 0 Å². The van der Waals surface area contributed by atoms with Gasteiger partial charge in [0.2, 0.25) is 0 Å². The van der Waals surface area contributed by atoms with Crippen molar-refractivity contribution < 1.29 is 4.79 Å². The number of benzene rings is 2. The third-order valence-electron chi connectivity index (χ3n) is 3.79. The summed E-state index contributed by atoms with van der Waals surface area (Å²) in [6.07, 6.45) is 1.93. The maximum Gasteiger partial charge on any atom is 0.319 e. The van der Waals surface area contributed by atoms with Gasteiger partial charge < -0.3 is 15.2 Å². The zero-order valence-corrected chi connectivity index (χ0v) is 12.7. The predicted octanol–water partition coefficient (Wildman–Crippen LogP) is 4.06. The zero-order chi connectivity index (χ0) is 15.5. The number of hydrogen-bond donors (Lipinski definition) is 2. The summed E-state index contributed by atoms with van der Waals surface area (Å²) in [5, 5.41) is 6.93. The van der Waals surface area contributed by atoms with Gasteiger partial charge in [-0.05, 0) is 18.6 Å². The molecule has 3 rings (SSSR count). The van der Waals surface area contributed by atoms with Gasteiger partial charge in [0, 0.05) is 24.1 Å². The van der Waals surface area contributed by atoms with Crippen LogP contribution in [0.2, 0.25) is 0 Å². The van der Waals surface area contributed by atoms with Crippen LogP contribution in [0.4, 0.5) is 10.5 Å². The molecule has 0 saturated heterocycles. The Morgan fingerprint density at radius 3 is 2.50 bits per heavy atom. The molecular weight excluding hydrogens is 274 g/mol. The lowest BCUT2D eigenvalue weighted by atomic mass is 10.1. The fraction of sp³-hybridized carbons (Fsp3) is 0.167. The van der Waals surface area contributed by atoms with Crippen molar-refractivity contribution in [1.29, 1.82) is 0 Å². The Morgan fingerprint density at radius 2 is 1.73 bits per heavy atom. The van der Waals surface area contributed by atoms with E-state index in [-0.39, 0.29) is 12.1 Å². The van der Waals surface area contributed by atoms with Crippen molar-refractivity contribution in [3.63, 3.8) is 0 Å². The molecule has 0 bridgehead atoms. The number of aromatic nitrogens is 1. The smallest absolute Gasteiger partial charge is 0.319 e. The van der Waals surface area contributed by atoms with Crippen molar-refractivity contribution in [1.82, 2.24) is 9.88 Å². The molecule has 0 aliphatic carbocycles. The molecule has 0 radical (unpaired) electrons. The fourth-order valence-electron chi connectivity index (χ4n) is 2.62. The second-order valence-corrected chi connectivity index (χ2v) is 5.40. The highest BCUT2D eigenvalue weighted by Gasteiger charge is 2.12. The molecular formula is C18H19N3O. The molecule has 22 heavy (non-hydrogen) atoms. The lowest BCUT2D eigenvalue weighted by Crippen LogP contribution is -2.31. The molecule has 1 heterocycles. The number of amides is 2. The molecule has 0 aliphatic rings. The van der Waals surface area contributed by atoms with Crippen LogP contribution in [0, 0.1) is 0 Å². The summed E-state index contributed by atoms with van der Waals surface area (Å²) in [6, 6.07) is 17.7. The van der Waals surface area contributed by atoms with Crippen LogP contribution in [-0.4, -0.2) is 10.6 Å². The Kier molecular flexibility index (Phi) is 3.83. The summed E-state index contributed by atoms with van der Waals surface area (Å²) in [4.78, 5) is 12.2. The van der Waals surface area contributed by atoms with Gasteiger partial charge in [-0.1, -0.05) is 48.5 Å². The second-order valence-electron chi connectivity index (χ2n) is 5.40. The van der Waals surface area contributed by atoms with Gasteiger partial charge in [0.05, 0.1) is 11.7 Å². The number of carbonyl (C=O) groups excluding carboxylic acids is 1. The number of nitrogens with one attached hydrogen (secondary N) is 2. The fourth-order valence-corrected chi connectivity index (χ4v) is 2.62. The van der Waals surface area contributed by atoms with Crippen LogP contribution >= 0.6 is 0 Å². The van der Waals surface area contributed by atoms with Crippen molar-refractivity contribution in [2.75, 3.05) is 5.32 Å². The van der Waals surface area contributed by atoms with Crippen LogP contribution in [0.5, 0.6) is 0 Å². The van der Waals surface area contributed by atoms with Crippen molar-refractivity contribution in [3.8, 4) is 0 Å². The van der Waals surface area contributed by atoms with Crippen LogP contribution in [0.1, 0.15) is 18.5 Å². The van der Waals surface area contributed by atoms with Crippen LogP contribution in [-0.2, 0) is 7.05 Å². The highest BCUT2D eigenvalue weighted by atomic mass is 16.2. The summed E-state index contributed by atoms with van der Waals surface area (Å²) < 4.78 is 2.01. The molecule has 0 spiro atoms. The number of urea groups is 1. The minimum absolute atomic E-state index is 0.0452. The molecule has 0 saturated carbocycles. The molecule has 1 unspecified atom stereocenters. The minimum atomic E-state index is -0.201. The van der Waals surface area contributed by atoms with E-state index in [1.807, 2.05) is 79.3 Å². The molecule has 0 aliphatic heterocycles. The standard InChI is InChI=1S/C18H19N3O/c1-13(14-8-4-3-5-9-14)19-18(22)20-16-12-21(2)17-11-7-6-10-15(16)17/h3-13H,1-2H3,(H2,19,20,22). The first-order valence-corrected chi connectivity index (χ1v) is 7.31. The van der Waals surface area contributed by atoms with E-state index in [1.165, 1.54) is 0 Å². The Hall–Kier alpha value is -2.75. The Bertz CT molecular complexity index is 792. The van der Waals surface area contributed by atoms with Crippen LogP contribution in [0.15, 0.2) is 60.8 Å². The van der Waals surface area contributed by atoms with Crippen LogP contribution < -0.4 is 10.6 Å². The molecule has 1 atom stereocenters. The van der Waals surface area contributed by atoms with Crippen LogP contribution in [0.3, 0.4) is 0 Å². The number of nitrogens with zero attached hydrogens (tertiary/aromatic N) is 1. The first kappa shape index (κ1) is 14.2. The van der Waals surface area contributed by atoms with Crippen molar-refractivity contribution >= 4 is 22.6 Å². The van der Waals surface area contributed by atoms with E-state index in [0.717, 1.165) is 22.2 Å². The molecule has 3 aromatic rings. The van der Waals surface area contributed by atoms with Gasteiger partial charge in [-0.3, -0.25) is 0 Å². The summed E-state index contributed by atoms with van der Waals surface area (Å²) in [7, 11) is 1.97. The van der Waals surface area contributed by atoms with E-state index in [4.69, 9.17) is 0 Å². The lowest BCUT2D eigenvalue weighted by Gasteiger charge is -2.14. The number of fused-ring (bicyclic) bond motifs is 1. The number of anilines is 1. The van der Waals surface area contributed by atoms with Gasteiger partial charge in [-0.25, -0.2) is 4.79 Å². The highest BCUT2D eigenvalue weighted by Crippen LogP contribution is 2.24. The number of hydrogen-bond acceptors (Lipinski definition) is 1. The van der Waals surface area contributed by atoms with E-state index < -0.39 is 0 Å². The molecule has 1 aromatic heterocycles. The number of para-hydroxylation sites is 1. The number of aryl methyl sites for hydroxylation is 1. The first-order valence-electron chi connectivity index (χ1n) is 7.31. The van der Waals surface area contributed by atoms with Gasteiger partial charge in [0.1, 0.15) is 0 Å². The zero-order valence-electron chi connectivity index (χ0n) is 12.7. The van der Waals surface area contributed by atoms with E-state index in [2.05, 4.69) is 10.6 Å². The molecule has 112 valence electrons. The first-order chi connectivity index (χ1) is 10.6. The average Bonchev–Trinajstić information content (AvgIpc) is 2.85. The molecule has 4 heteroatoms. The van der Waals surface area contributed by atoms with Gasteiger partial charge >= 0.3 is 6.03 Å². The molecule has 2 N–H and O–H groups in total. The monoisotopic (exact) mass is 293 g/mol. The second kappa shape index (κ2) is 5.93. The van der Waals surface area contributed by atoms with Gasteiger partial charge in [0.15, 0.2) is 0 Å². The third kappa shape index (κ3) is 2.81. The Morgan fingerprint density at radius 1 is 1.05 bits per heavy atom. The van der Waals surface area contributed by atoms with E-state index >= 15 is 0 Å². The normalized spacial score (nSPS) is 12.1. The number of rotatable bonds is 3. The summed E-state index contributed by atoms with van der Waals surface area (Å²) in [5.41, 5.74) is 2.99. The third-order valence-corrected chi connectivity index (χ3v) is 3.79. The minimum Gasteiger partial charge on any atom is -0.348 e. The number of carbonyl (C=O) groups is 1. The van der Waals surface area contributed by atoms with Gasteiger partial charge in [-0.15, -0.1) is 0 Å². The summed E-state index contributed by atoms with van der Waals surface area (Å²) in [5.74, 6) is 0. The van der Waals surface area contributed by atoms with Gasteiger partial charge in [-0.2, -0.15) is 0 Å². The maximum atomic E-state index is 12.2. The molecule has 2 aromatic carbocycles. The molecule has 0 fully saturated rings. The SMILES string of the molecule is CC(NC(=O)Nc1cn(C)c2ccccc12)c1ccccc1. The van der Waals surface area contributed by atoms with Crippen molar-refractivity contribution in [2.45, 2.75) is 13.0 Å². The van der Waals surface area contributed by atoms with Crippen molar-refractivity contribution in [3.05, 3.63) is 66.4 Å². The highest BCUT2D eigenvalue weighted by molar-refractivity contribution is 6.01. The van der Waals surface area contributed by atoms with Crippen LogP contribution in [0.25, 0.3) is 10.9 Å². The quantitative estimate of drug-likeness (QED) is 0.751. The average molecular weight is 293 g/mol. The Balaban J connectivity index is 1.74. The van der Waals surface area contributed by atoms with E-state index in [1.54, 1.807) is 0 Å². The maximum absolute atomic E-state index is 12.2. The molecule has 2 amide bonds. The van der Waals surface area contributed by atoms with E-state index in [0.29, 0.717) is 0 Å². The summed E-state index contributed by atoms with van der Waals surface area (Å²) >= 11 is 0. The topological polar surface area (TPSA) is 46.1 Å². The Labute approximate surface area is 129 Å². The van der Waals surface area contributed by atoms with Crippen molar-refractivity contribution in [2.24, 2.45) is 7.05 Å². The lowest BCUT2D eigenvalue weighted by molar-refractivity contribution is 0.249. The largest absolute Gasteiger partial charge is 0.348 e. The summed E-state index contributed by atoms with van der Waals surface area (Å²) in [6.45, 7) is 1.97. The predicted molar refractivity (Wildman–Crippen MR) is 89.9 cm³/mol. The molecule has 4 nitrogen and oxygen atoms in total.